The Hall–Kier alpha value is -1.98. The molecule has 0 atom stereocenters. The van der Waals surface area contributed by atoms with E-state index >= 15 is 0 Å². The van der Waals surface area contributed by atoms with Crippen molar-refractivity contribution in [3.8, 4) is 0 Å². The summed E-state index contributed by atoms with van der Waals surface area (Å²) in [6, 6.07) is 12.1. The Balaban J connectivity index is 1.78. The average molecular weight is 472 g/mol. The van der Waals surface area contributed by atoms with Gasteiger partial charge in [-0.1, -0.05) is 29.8 Å². The van der Waals surface area contributed by atoms with E-state index in [9.17, 15) is 21.6 Å². The van der Waals surface area contributed by atoms with E-state index in [4.69, 9.17) is 11.6 Å². The standard InChI is InChI=1S/C19H22ClN3O5S2/c1-21(2)29(25,26)16-8-9-18(20)17(14-16)19(24)22-10-12-23(13-11-22)30(27,28)15-6-4-3-5-7-15/h3-9,14H,10-13H2,1-2H3. The minimum atomic E-state index is -3.72. The quantitative estimate of drug-likeness (QED) is 0.661. The molecule has 8 nitrogen and oxygen atoms in total. The molecule has 2 aromatic rings. The topological polar surface area (TPSA) is 95.1 Å². The van der Waals surface area contributed by atoms with Gasteiger partial charge in [0.1, 0.15) is 0 Å². The zero-order valence-electron chi connectivity index (χ0n) is 16.5. The highest BCUT2D eigenvalue weighted by atomic mass is 35.5. The van der Waals surface area contributed by atoms with E-state index in [1.807, 2.05) is 0 Å². The van der Waals surface area contributed by atoms with Crippen LogP contribution in [0.2, 0.25) is 5.02 Å². The van der Waals surface area contributed by atoms with Crippen molar-refractivity contribution >= 4 is 37.6 Å². The number of hydrogen-bond donors (Lipinski definition) is 0. The van der Waals surface area contributed by atoms with Crippen molar-refractivity contribution in [2.24, 2.45) is 0 Å². The number of carbonyl (C=O) groups excluding carboxylic acids is 1. The number of halogens is 1. The summed E-state index contributed by atoms with van der Waals surface area (Å²) >= 11 is 6.16. The van der Waals surface area contributed by atoms with Crippen LogP contribution in [-0.2, 0) is 20.0 Å². The van der Waals surface area contributed by atoms with Crippen LogP contribution in [-0.4, -0.2) is 76.5 Å². The monoisotopic (exact) mass is 471 g/mol. The van der Waals surface area contributed by atoms with E-state index in [2.05, 4.69) is 0 Å². The van der Waals surface area contributed by atoms with Crippen LogP contribution >= 0.6 is 11.6 Å². The molecule has 30 heavy (non-hydrogen) atoms. The molecule has 1 aliphatic rings. The van der Waals surface area contributed by atoms with Gasteiger partial charge in [0.2, 0.25) is 20.0 Å². The SMILES string of the molecule is CN(C)S(=O)(=O)c1ccc(Cl)c(C(=O)N2CCN(S(=O)(=O)c3ccccc3)CC2)c1. The van der Waals surface area contributed by atoms with Crippen molar-refractivity contribution in [3.63, 3.8) is 0 Å². The fraction of sp³-hybridized carbons (Fsp3) is 0.316. The van der Waals surface area contributed by atoms with E-state index < -0.39 is 26.0 Å². The molecule has 11 heteroatoms. The highest BCUT2D eigenvalue weighted by Gasteiger charge is 2.31. The van der Waals surface area contributed by atoms with E-state index in [0.29, 0.717) is 0 Å². The lowest BCUT2D eigenvalue weighted by atomic mass is 10.2. The number of piperazine rings is 1. The number of carbonyl (C=O) groups is 1. The third kappa shape index (κ3) is 4.37. The first kappa shape index (κ1) is 22.7. The first-order valence-electron chi connectivity index (χ1n) is 9.11. The van der Waals surface area contributed by atoms with Crippen LogP contribution in [0.25, 0.3) is 0 Å². The second kappa shape index (κ2) is 8.64. The second-order valence-corrected chi connectivity index (χ2v) is 11.4. The number of sulfonamides is 2. The molecule has 0 aromatic heterocycles. The van der Waals surface area contributed by atoms with Crippen molar-refractivity contribution in [2.75, 3.05) is 40.3 Å². The lowest BCUT2D eigenvalue weighted by molar-refractivity contribution is 0.0698. The van der Waals surface area contributed by atoms with Crippen LogP contribution < -0.4 is 0 Å². The molecule has 0 bridgehead atoms. The maximum absolute atomic E-state index is 13.0. The van der Waals surface area contributed by atoms with Gasteiger partial charge in [0, 0.05) is 40.3 Å². The zero-order chi connectivity index (χ0) is 22.1. The Morgan fingerprint density at radius 1 is 0.900 bits per heavy atom. The molecule has 1 heterocycles. The molecule has 0 radical (unpaired) electrons. The zero-order valence-corrected chi connectivity index (χ0v) is 18.9. The summed E-state index contributed by atoms with van der Waals surface area (Å²) in [6.07, 6.45) is 0. The lowest BCUT2D eigenvalue weighted by Gasteiger charge is -2.34. The smallest absolute Gasteiger partial charge is 0.255 e. The van der Waals surface area contributed by atoms with Gasteiger partial charge >= 0.3 is 0 Å². The van der Waals surface area contributed by atoms with Crippen LogP contribution in [0.1, 0.15) is 10.4 Å². The van der Waals surface area contributed by atoms with E-state index in [0.717, 1.165) is 4.31 Å². The molecule has 0 N–H and O–H groups in total. The Labute approximate surface area is 181 Å². The van der Waals surface area contributed by atoms with E-state index in [-0.39, 0.29) is 46.6 Å². The molecular formula is C19H22ClN3O5S2. The number of hydrogen-bond acceptors (Lipinski definition) is 5. The normalized spacial score (nSPS) is 16.1. The molecule has 0 unspecified atom stereocenters. The average Bonchev–Trinajstić information content (AvgIpc) is 2.74. The Kier molecular flexibility index (Phi) is 6.54. The summed E-state index contributed by atoms with van der Waals surface area (Å²) < 4.78 is 52.6. The van der Waals surface area contributed by atoms with Crippen molar-refractivity contribution in [1.29, 1.82) is 0 Å². The summed E-state index contributed by atoms with van der Waals surface area (Å²) in [7, 11) is -4.56. The predicted octanol–water partition coefficient (Wildman–Crippen LogP) is 1.74. The lowest BCUT2D eigenvalue weighted by Crippen LogP contribution is -2.50. The van der Waals surface area contributed by atoms with Crippen molar-refractivity contribution < 1.29 is 21.6 Å². The Bertz CT molecular complexity index is 1140. The van der Waals surface area contributed by atoms with Crippen molar-refractivity contribution in [3.05, 3.63) is 59.1 Å². The molecule has 1 aliphatic heterocycles. The van der Waals surface area contributed by atoms with Crippen LogP contribution in [0.3, 0.4) is 0 Å². The number of amides is 1. The number of nitrogens with zero attached hydrogens (tertiary/aromatic N) is 3. The van der Waals surface area contributed by atoms with Crippen LogP contribution in [0.15, 0.2) is 58.3 Å². The molecule has 0 spiro atoms. The molecule has 1 saturated heterocycles. The third-order valence-electron chi connectivity index (χ3n) is 4.85. The molecular weight excluding hydrogens is 450 g/mol. The van der Waals surface area contributed by atoms with E-state index in [1.54, 1.807) is 18.2 Å². The Morgan fingerprint density at radius 3 is 2.07 bits per heavy atom. The highest BCUT2D eigenvalue weighted by molar-refractivity contribution is 7.89. The van der Waals surface area contributed by atoms with Gasteiger partial charge in [-0.3, -0.25) is 4.79 Å². The van der Waals surface area contributed by atoms with Gasteiger partial charge in [-0.2, -0.15) is 4.31 Å². The molecule has 1 amide bonds. The molecule has 1 fully saturated rings. The first-order chi connectivity index (χ1) is 14.0. The summed E-state index contributed by atoms with van der Waals surface area (Å²) in [4.78, 5) is 14.6. The maximum Gasteiger partial charge on any atom is 0.255 e. The largest absolute Gasteiger partial charge is 0.336 e. The van der Waals surface area contributed by atoms with E-state index in [1.165, 1.54) is 53.6 Å². The maximum atomic E-state index is 13.0. The molecule has 0 aliphatic carbocycles. The third-order valence-corrected chi connectivity index (χ3v) is 8.91. The van der Waals surface area contributed by atoms with Gasteiger partial charge in [-0.05, 0) is 30.3 Å². The summed E-state index contributed by atoms with van der Waals surface area (Å²) in [5.74, 6) is -0.437. The second-order valence-electron chi connectivity index (χ2n) is 6.94. The highest BCUT2D eigenvalue weighted by Crippen LogP contribution is 2.25. The van der Waals surface area contributed by atoms with Crippen LogP contribution in [0.4, 0.5) is 0 Å². The summed E-state index contributed by atoms with van der Waals surface area (Å²) in [5.41, 5.74) is 0.0685. The van der Waals surface area contributed by atoms with Gasteiger partial charge in [-0.25, -0.2) is 21.1 Å². The number of benzene rings is 2. The van der Waals surface area contributed by atoms with Crippen molar-refractivity contribution in [1.82, 2.24) is 13.5 Å². The minimum absolute atomic E-state index is 0.0365. The van der Waals surface area contributed by atoms with Gasteiger partial charge in [0.25, 0.3) is 5.91 Å². The molecule has 162 valence electrons. The van der Waals surface area contributed by atoms with Gasteiger partial charge in [-0.15, -0.1) is 0 Å². The molecule has 0 saturated carbocycles. The van der Waals surface area contributed by atoms with Gasteiger partial charge in [0.15, 0.2) is 0 Å². The predicted molar refractivity (Wildman–Crippen MR) is 113 cm³/mol. The number of rotatable bonds is 5. The van der Waals surface area contributed by atoms with Crippen molar-refractivity contribution in [2.45, 2.75) is 9.79 Å². The summed E-state index contributed by atoms with van der Waals surface area (Å²) in [6.45, 7) is 0.615. The Morgan fingerprint density at radius 2 is 1.50 bits per heavy atom. The summed E-state index contributed by atoms with van der Waals surface area (Å²) in [5, 5.41) is 0.136. The molecule has 2 aromatic carbocycles. The van der Waals surface area contributed by atoms with Gasteiger partial charge in [0.05, 0.1) is 20.4 Å². The first-order valence-corrected chi connectivity index (χ1v) is 12.4. The van der Waals surface area contributed by atoms with Crippen LogP contribution in [0, 0.1) is 0 Å². The van der Waals surface area contributed by atoms with Gasteiger partial charge < -0.3 is 4.90 Å². The fourth-order valence-corrected chi connectivity index (χ4v) is 5.65. The van der Waals surface area contributed by atoms with Crippen LogP contribution in [0.5, 0.6) is 0 Å². The molecule has 3 rings (SSSR count). The minimum Gasteiger partial charge on any atom is -0.336 e. The fourth-order valence-electron chi connectivity index (χ4n) is 3.08.